The van der Waals surface area contributed by atoms with Crippen molar-refractivity contribution >= 4 is 0 Å². The highest BCUT2D eigenvalue weighted by atomic mass is 15.0. The summed E-state index contributed by atoms with van der Waals surface area (Å²) in [7, 11) is 0. The Hall–Kier alpha value is -0.0400. The number of fused-ring (bicyclic) bond motifs is 3. The van der Waals surface area contributed by atoms with Gasteiger partial charge in [-0.3, -0.25) is 0 Å². The monoisotopic (exact) mass is 403 g/mol. The molecule has 8 atom stereocenters. The minimum atomic E-state index is 0.583. The van der Waals surface area contributed by atoms with Gasteiger partial charge in [-0.2, -0.15) is 0 Å². The molecule has 0 aromatic carbocycles. The number of nitrogens with one attached hydrogen (secondary N) is 1. The maximum atomic E-state index is 3.91. The Morgan fingerprint density at radius 1 is 0.931 bits per heavy atom. The fourth-order valence-electron chi connectivity index (χ4n) is 8.75. The summed E-state index contributed by atoms with van der Waals surface area (Å²) in [5.41, 5.74) is 1.17. The van der Waals surface area contributed by atoms with Crippen LogP contribution in [0.2, 0.25) is 0 Å². The van der Waals surface area contributed by atoms with Gasteiger partial charge in [0.15, 0.2) is 0 Å². The molecule has 0 aromatic heterocycles. The molecule has 1 nitrogen and oxygen atoms in total. The Kier molecular flexibility index (Phi) is 7.84. The van der Waals surface area contributed by atoms with E-state index in [2.05, 4.69) is 53.8 Å². The molecular weight excluding hydrogens is 350 g/mol. The van der Waals surface area contributed by atoms with Gasteiger partial charge in [0.25, 0.3) is 0 Å². The molecule has 1 heteroatoms. The molecule has 0 bridgehead atoms. The van der Waals surface area contributed by atoms with Gasteiger partial charge in [-0.05, 0) is 104 Å². The van der Waals surface area contributed by atoms with Crippen LogP contribution in [0, 0.1) is 46.3 Å². The maximum Gasteiger partial charge on any atom is 0.0124 e. The SMILES string of the molecule is CCC(CCC(C)C(CC)C1(C)CCC2C(CC[C@H]3NCCCC23C)C1)C(C)C. The van der Waals surface area contributed by atoms with E-state index in [1.165, 1.54) is 77.2 Å². The van der Waals surface area contributed by atoms with Crippen LogP contribution in [0.25, 0.3) is 0 Å². The van der Waals surface area contributed by atoms with Gasteiger partial charge < -0.3 is 5.32 Å². The summed E-state index contributed by atoms with van der Waals surface area (Å²) in [6, 6.07) is 0.810. The zero-order valence-corrected chi connectivity index (χ0v) is 21.0. The molecule has 29 heavy (non-hydrogen) atoms. The molecule has 3 rings (SSSR count). The van der Waals surface area contributed by atoms with Gasteiger partial charge in [0, 0.05) is 6.04 Å². The van der Waals surface area contributed by atoms with E-state index >= 15 is 0 Å². The standard InChI is InChI=1S/C28H53N/c1-8-22(20(3)4)12-11-21(5)24(9-2)27(6)17-15-25-23(19-27)13-14-26-28(25,7)16-10-18-29-26/h20-26,29H,8-19H2,1-7H3/t21?,22?,23?,24?,25?,26-,27?,28?/m1/s1. The third kappa shape index (κ3) is 4.75. The summed E-state index contributed by atoms with van der Waals surface area (Å²) in [5.74, 6) is 5.56. The van der Waals surface area contributed by atoms with Crippen molar-refractivity contribution in [2.45, 2.75) is 125 Å². The minimum Gasteiger partial charge on any atom is -0.313 e. The van der Waals surface area contributed by atoms with Gasteiger partial charge >= 0.3 is 0 Å². The predicted molar refractivity (Wildman–Crippen MR) is 128 cm³/mol. The van der Waals surface area contributed by atoms with Crippen LogP contribution in [-0.2, 0) is 0 Å². The van der Waals surface area contributed by atoms with Gasteiger partial charge in [0.05, 0.1) is 0 Å². The fraction of sp³-hybridized carbons (Fsp3) is 1.00. The Morgan fingerprint density at radius 3 is 2.34 bits per heavy atom. The van der Waals surface area contributed by atoms with Crippen LogP contribution < -0.4 is 5.32 Å². The fourth-order valence-corrected chi connectivity index (χ4v) is 8.75. The highest BCUT2D eigenvalue weighted by Gasteiger charge is 2.53. The predicted octanol–water partition coefficient (Wildman–Crippen LogP) is 8.09. The van der Waals surface area contributed by atoms with E-state index in [1.54, 1.807) is 0 Å². The van der Waals surface area contributed by atoms with Crippen molar-refractivity contribution in [3.05, 3.63) is 0 Å². The maximum absolute atomic E-state index is 3.91. The quantitative estimate of drug-likeness (QED) is 0.432. The van der Waals surface area contributed by atoms with Crippen molar-refractivity contribution in [1.82, 2.24) is 5.32 Å². The average Bonchev–Trinajstić information content (AvgIpc) is 2.67. The van der Waals surface area contributed by atoms with Crippen molar-refractivity contribution in [2.24, 2.45) is 46.3 Å². The molecule has 0 radical (unpaired) electrons. The lowest BCUT2D eigenvalue weighted by Crippen LogP contribution is -2.58. The van der Waals surface area contributed by atoms with Crippen molar-refractivity contribution in [1.29, 1.82) is 0 Å². The van der Waals surface area contributed by atoms with E-state index in [0.29, 0.717) is 10.8 Å². The second kappa shape index (κ2) is 9.62. The van der Waals surface area contributed by atoms with E-state index in [4.69, 9.17) is 0 Å². The Morgan fingerprint density at radius 2 is 1.69 bits per heavy atom. The van der Waals surface area contributed by atoms with Crippen molar-refractivity contribution in [2.75, 3.05) is 6.54 Å². The number of hydrogen-bond acceptors (Lipinski definition) is 1. The normalized spacial score (nSPS) is 40.8. The molecule has 0 amide bonds. The van der Waals surface area contributed by atoms with Crippen LogP contribution in [0.4, 0.5) is 0 Å². The molecule has 170 valence electrons. The molecule has 2 aliphatic carbocycles. The molecule has 1 N–H and O–H groups in total. The largest absolute Gasteiger partial charge is 0.313 e. The Labute approximate surface area is 183 Å². The van der Waals surface area contributed by atoms with Gasteiger partial charge in [0.2, 0.25) is 0 Å². The molecule has 0 spiro atoms. The zero-order valence-electron chi connectivity index (χ0n) is 21.0. The molecule has 1 heterocycles. The molecule has 3 fully saturated rings. The summed E-state index contributed by atoms with van der Waals surface area (Å²) >= 11 is 0. The van der Waals surface area contributed by atoms with Gasteiger partial charge in [-0.15, -0.1) is 0 Å². The average molecular weight is 404 g/mol. The molecule has 7 unspecified atom stereocenters. The summed E-state index contributed by atoms with van der Waals surface area (Å²) in [6.45, 7) is 18.9. The molecule has 0 aromatic rings. The summed E-state index contributed by atoms with van der Waals surface area (Å²) < 4.78 is 0. The van der Waals surface area contributed by atoms with Crippen LogP contribution >= 0.6 is 0 Å². The number of piperidine rings is 1. The molecular formula is C28H53N. The van der Waals surface area contributed by atoms with Crippen molar-refractivity contribution in [3.63, 3.8) is 0 Å². The molecule has 1 aliphatic heterocycles. The first-order valence-electron chi connectivity index (χ1n) is 13.5. The summed E-state index contributed by atoms with van der Waals surface area (Å²) in [4.78, 5) is 0. The van der Waals surface area contributed by atoms with Gasteiger partial charge in [-0.1, -0.05) is 67.7 Å². The molecule has 3 aliphatic rings. The Balaban J connectivity index is 1.65. The van der Waals surface area contributed by atoms with Crippen LogP contribution in [0.1, 0.15) is 119 Å². The Bertz CT molecular complexity index is 512. The van der Waals surface area contributed by atoms with E-state index in [9.17, 15) is 0 Å². The van der Waals surface area contributed by atoms with Crippen LogP contribution in [-0.4, -0.2) is 12.6 Å². The third-order valence-electron chi connectivity index (χ3n) is 10.6. The molecule has 2 saturated carbocycles. The topological polar surface area (TPSA) is 12.0 Å². The zero-order chi connectivity index (χ0) is 21.2. The first-order chi connectivity index (χ1) is 13.7. The number of rotatable bonds is 8. The highest BCUT2D eigenvalue weighted by Crippen LogP contribution is 2.60. The highest BCUT2D eigenvalue weighted by molar-refractivity contribution is 5.05. The smallest absolute Gasteiger partial charge is 0.0124 e. The van der Waals surface area contributed by atoms with Crippen molar-refractivity contribution < 1.29 is 0 Å². The summed E-state index contributed by atoms with van der Waals surface area (Å²) in [5, 5.41) is 3.91. The first kappa shape index (κ1) is 23.6. The first-order valence-corrected chi connectivity index (χ1v) is 13.5. The van der Waals surface area contributed by atoms with E-state index in [-0.39, 0.29) is 0 Å². The number of hydrogen-bond donors (Lipinski definition) is 1. The van der Waals surface area contributed by atoms with Crippen LogP contribution in [0.5, 0.6) is 0 Å². The molecule has 1 saturated heterocycles. The van der Waals surface area contributed by atoms with E-state index in [1.807, 2.05) is 0 Å². The van der Waals surface area contributed by atoms with Crippen LogP contribution in [0.3, 0.4) is 0 Å². The third-order valence-corrected chi connectivity index (χ3v) is 10.6. The second-order valence-electron chi connectivity index (χ2n) is 12.4. The lowest BCUT2D eigenvalue weighted by molar-refractivity contribution is -0.0779. The lowest BCUT2D eigenvalue weighted by Gasteiger charge is -2.59. The second-order valence-corrected chi connectivity index (χ2v) is 12.4. The van der Waals surface area contributed by atoms with Gasteiger partial charge in [0.1, 0.15) is 0 Å². The summed E-state index contributed by atoms with van der Waals surface area (Å²) in [6.07, 6.45) is 15.9. The minimum absolute atomic E-state index is 0.583. The van der Waals surface area contributed by atoms with E-state index in [0.717, 1.165) is 41.5 Å². The van der Waals surface area contributed by atoms with Crippen molar-refractivity contribution in [3.8, 4) is 0 Å². The van der Waals surface area contributed by atoms with E-state index < -0.39 is 0 Å². The van der Waals surface area contributed by atoms with Crippen LogP contribution in [0.15, 0.2) is 0 Å². The van der Waals surface area contributed by atoms with Gasteiger partial charge in [-0.25, -0.2) is 0 Å². The lowest BCUT2D eigenvalue weighted by atomic mass is 9.48.